The molecule has 10 nitrogen and oxygen atoms in total. The topological polar surface area (TPSA) is 101 Å². The number of ether oxygens (including phenoxy) is 1. The van der Waals surface area contributed by atoms with Crippen molar-refractivity contribution in [3.05, 3.63) is 95.3 Å². The van der Waals surface area contributed by atoms with Crippen LogP contribution in [-0.4, -0.2) is 97.6 Å². The number of likely N-dealkylation sites (N-methyl/N-ethyl adjacent to an activating group) is 1. The fraction of sp³-hybridized carbons (Fsp3) is 0.375. The third kappa shape index (κ3) is 6.21. The van der Waals surface area contributed by atoms with Gasteiger partial charge in [-0.05, 0) is 93.2 Å². The Morgan fingerprint density at radius 1 is 1.00 bits per heavy atom. The van der Waals surface area contributed by atoms with Crippen molar-refractivity contribution in [2.75, 3.05) is 58.4 Å². The smallest absolute Gasteiger partial charge is 0.269 e. The summed E-state index contributed by atoms with van der Waals surface area (Å²) in [6.07, 6.45) is 6.36. The number of benzene rings is 3. The monoisotopic (exact) mass is 704 g/mol. The summed E-state index contributed by atoms with van der Waals surface area (Å²) >= 11 is 0. The van der Waals surface area contributed by atoms with E-state index in [1.807, 2.05) is 26.1 Å². The molecule has 5 heterocycles. The molecule has 3 aliphatic rings. The molecule has 2 aromatic heterocycles. The van der Waals surface area contributed by atoms with Gasteiger partial charge in [0.05, 0.1) is 23.4 Å². The van der Waals surface area contributed by atoms with Crippen molar-refractivity contribution >= 4 is 32.8 Å². The van der Waals surface area contributed by atoms with Gasteiger partial charge < -0.3 is 19.4 Å². The van der Waals surface area contributed by atoms with Gasteiger partial charge in [-0.1, -0.05) is 29.8 Å². The fourth-order valence-corrected chi connectivity index (χ4v) is 9.32. The number of amides is 1. The van der Waals surface area contributed by atoms with Crippen LogP contribution in [-0.2, 0) is 21.2 Å². The van der Waals surface area contributed by atoms with Crippen molar-refractivity contribution in [3.8, 4) is 22.4 Å². The minimum Gasteiger partial charge on any atom is -0.381 e. The summed E-state index contributed by atoms with van der Waals surface area (Å²) in [6.45, 7) is 9.30. The molecule has 1 unspecified atom stereocenters. The van der Waals surface area contributed by atoms with Crippen molar-refractivity contribution in [2.24, 2.45) is 5.92 Å². The lowest BCUT2D eigenvalue weighted by molar-refractivity contribution is 0.0766. The SMILES string of the molecule is Cc1ccc(S(=O)(=O)n2cc(-c3ccc(C(=O)N(C)C[C@@H]4CCOC4)cc3)c3nc(-c4cc(C)c5c(c4)CCC4CN(C)CCN54)cnc32)cc1. The van der Waals surface area contributed by atoms with Crippen molar-refractivity contribution < 1.29 is 17.9 Å². The summed E-state index contributed by atoms with van der Waals surface area (Å²) in [4.78, 5) is 30.1. The standard InChI is InChI=1S/C40H44N6O4S/c1-26-5-13-34(14-6-26)51(48,49)46-24-35(29-7-9-30(10-8-29)40(47)44(4)22-28-15-18-50-25-28)37-39(46)41-21-36(42-37)32-19-27(2)38-31(20-32)11-12-33-23-43(3)16-17-45(33)38/h5-10,13-14,19-21,24,28,33H,11-12,15-18,22-23,25H2,1-4H3/t28-,33?/m0/s1. The first-order valence-corrected chi connectivity index (χ1v) is 19.2. The van der Waals surface area contributed by atoms with E-state index in [9.17, 15) is 13.2 Å². The number of rotatable bonds is 7. The van der Waals surface area contributed by atoms with Crippen LogP contribution in [0.15, 0.2) is 78.0 Å². The summed E-state index contributed by atoms with van der Waals surface area (Å²) < 4.78 is 34.9. The second kappa shape index (κ2) is 13.2. The van der Waals surface area contributed by atoms with Crippen molar-refractivity contribution in [2.45, 2.75) is 44.0 Å². The predicted octanol–water partition coefficient (Wildman–Crippen LogP) is 5.79. The van der Waals surface area contributed by atoms with Gasteiger partial charge in [-0.15, -0.1) is 0 Å². The van der Waals surface area contributed by atoms with Crippen LogP contribution in [0.25, 0.3) is 33.5 Å². The Hall–Kier alpha value is -4.58. The Morgan fingerprint density at radius 2 is 1.78 bits per heavy atom. The summed E-state index contributed by atoms with van der Waals surface area (Å²) in [6, 6.07) is 19.1. The zero-order chi connectivity index (χ0) is 35.4. The molecular weight excluding hydrogens is 661 g/mol. The highest BCUT2D eigenvalue weighted by Crippen LogP contribution is 2.39. The normalized spacial score (nSPS) is 19.3. The van der Waals surface area contributed by atoms with E-state index in [0.717, 1.165) is 62.2 Å². The zero-order valence-electron chi connectivity index (χ0n) is 29.7. The van der Waals surface area contributed by atoms with Crippen LogP contribution in [0.1, 0.15) is 39.9 Å². The summed E-state index contributed by atoms with van der Waals surface area (Å²) in [7, 11) is 0.0295. The lowest BCUT2D eigenvalue weighted by atomic mass is 9.89. The molecule has 0 bridgehead atoms. The maximum absolute atomic E-state index is 14.1. The molecule has 0 radical (unpaired) electrons. The number of fused-ring (bicyclic) bond motifs is 4. The molecule has 0 N–H and O–H groups in total. The second-order valence-electron chi connectivity index (χ2n) is 14.5. The van der Waals surface area contributed by atoms with Crippen molar-refractivity contribution in [1.82, 2.24) is 23.7 Å². The number of carbonyl (C=O) groups excluding carboxylic acids is 1. The molecule has 11 heteroatoms. The number of aromatic nitrogens is 3. The van der Waals surface area contributed by atoms with E-state index in [0.29, 0.717) is 47.4 Å². The lowest BCUT2D eigenvalue weighted by Gasteiger charge is -2.46. The summed E-state index contributed by atoms with van der Waals surface area (Å²) in [5.41, 5.74) is 9.16. The molecule has 2 atom stereocenters. The molecular formula is C40H44N6O4S. The molecule has 1 amide bonds. The van der Waals surface area contributed by atoms with E-state index in [-0.39, 0.29) is 16.4 Å². The van der Waals surface area contributed by atoms with Gasteiger partial charge in [-0.25, -0.2) is 22.4 Å². The molecule has 2 saturated heterocycles. The fourth-order valence-electron chi connectivity index (χ4n) is 8.01. The quantitative estimate of drug-likeness (QED) is 0.210. The minimum atomic E-state index is -3.99. The number of nitrogens with zero attached hydrogens (tertiary/aromatic N) is 6. The Kier molecular flexibility index (Phi) is 8.68. The third-order valence-corrected chi connectivity index (χ3v) is 12.4. The number of anilines is 1. The van der Waals surface area contributed by atoms with Crippen LogP contribution in [0, 0.1) is 19.8 Å². The molecule has 3 aliphatic heterocycles. The highest BCUT2D eigenvalue weighted by molar-refractivity contribution is 7.90. The number of hydrogen-bond donors (Lipinski definition) is 0. The van der Waals surface area contributed by atoms with E-state index in [1.165, 1.54) is 20.8 Å². The van der Waals surface area contributed by atoms with Crippen LogP contribution in [0.2, 0.25) is 0 Å². The average Bonchev–Trinajstić information content (AvgIpc) is 3.79. The molecule has 0 saturated carbocycles. The first kappa shape index (κ1) is 33.6. The Bertz CT molecular complexity index is 2230. The molecule has 0 spiro atoms. The molecule has 264 valence electrons. The first-order chi connectivity index (χ1) is 24.6. The van der Waals surface area contributed by atoms with Crippen molar-refractivity contribution in [1.29, 1.82) is 0 Å². The van der Waals surface area contributed by atoms with Crippen molar-refractivity contribution in [3.63, 3.8) is 0 Å². The third-order valence-electron chi connectivity index (χ3n) is 10.8. The van der Waals surface area contributed by atoms with Gasteiger partial charge >= 0.3 is 0 Å². The number of aryl methyl sites for hydroxylation is 3. The van der Waals surface area contributed by atoms with Crippen LogP contribution in [0.5, 0.6) is 0 Å². The van der Waals surface area contributed by atoms with E-state index in [2.05, 4.69) is 35.9 Å². The highest BCUT2D eigenvalue weighted by Gasteiger charge is 2.32. The lowest BCUT2D eigenvalue weighted by Crippen LogP contribution is -2.54. The van der Waals surface area contributed by atoms with Gasteiger partial charge in [0.1, 0.15) is 5.52 Å². The van der Waals surface area contributed by atoms with Crippen LogP contribution >= 0.6 is 0 Å². The Morgan fingerprint density at radius 3 is 2.53 bits per heavy atom. The largest absolute Gasteiger partial charge is 0.381 e. The molecule has 2 fully saturated rings. The summed E-state index contributed by atoms with van der Waals surface area (Å²) in [5, 5.41) is 0. The second-order valence-corrected chi connectivity index (χ2v) is 16.3. The van der Waals surface area contributed by atoms with Gasteiger partial charge in [-0.2, -0.15) is 0 Å². The predicted molar refractivity (Wildman–Crippen MR) is 200 cm³/mol. The molecule has 5 aromatic rings. The van der Waals surface area contributed by atoms with E-state index < -0.39 is 10.0 Å². The maximum Gasteiger partial charge on any atom is 0.269 e. The van der Waals surface area contributed by atoms with E-state index >= 15 is 0 Å². The molecule has 51 heavy (non-hydrogen) atoms. The van der Waals surface area contributed by atoms with Crippen LogP contribution in [0.3, 0.4) is 0 Å². The van der Waals surface area contributed by atoms with Gasteiger partial charge in [0.25, 0.3) is 15.9 Å². The van der Waals surface area contributed by atoms with Gasteiger partial charge in [0, 0.05) is 80.4 Å². The van der Waals surface area contributed by atoms with E-state index in [1.54, 1.807) is 53.7 Å². The maximum atomic E-state index is 14.1. The number of piperazine rings is 1. The Labute approximate surface area is 299 Å². The van der Waals surface area contributed by atoms with Gasteiger partial charge in [0.2, 0.25) is 0 Å². The summed E-state index contributed by atoms with van der Waals surface area (Å²) in [5.74, 6) is 0.279. The highest BCUT2D eigenvalue weighted by atomic mass is 32.2. The van der Waals surface area contributed by atoms with E-state index in [4.69, 9.17) is 14.7 Å². The minimum absolute atomic E-state index is 0.0643. The zero-order valence-corrected chi connectivity index (χ0v) is 30.5. The Balaban J connectivity index is 1.19. The van der Waals surface area contributed by atoms with Crippen LogP contribution in [0.4, 0.5) is 5.69 Å². The first-order valence-electron chi connectivity index (χ1n) is 17.8. The number of hydrogen-bond acceptors (Lipinski definition) is 8. The average molecular weight is 705 g/mol. The molecule has 0 aliphatic carbocycles. The molecule has 3 aromatic carbocycles. The van der Waals surface area contributed by atoms with Gasteiger partial charge in [-0.3, -0.25) is 4.79 Å². The number of carbonyl (C=O) groups is 1. The van der Waals surface area contributed by atoms with Gasteiger partial charge in [0.15, 0.2) is 5.65 Å². The van der Waals surface area contributed by atoms with Crippen LogP contribution < -0.4 is 4.90 Å². The molecule has 8 rings (SSSR count).